The summed E-state index contributed by atoms with van der Waals surface area (Å²) in [6.45, 7) is 0.444. The second kappa shape index (κ2) is 6.51. The van der Waals surface area contributed by atoms with E-state index < -0.39 is 5.82 Å². The summed E-state index contributed by atoms with van der Waals surface area (Å²) in [6.07, 6.45) is 0. The predicted octanol–water partition coefficient (Wildman–Crippen LogP) is 3.50. The van der Waals surface area contributed by atoms with E-state index in [0.717, 1.165) is 10.0 Å². The van der Waals surface area contributed by atoms with Gasteiger partial charge in [-0.1, -0.05) is 12.1 Å². The van der Waals surface area contributed by atoms with Crippen molar-refractivity contribution in [3.8, 4) is 11.8 Å². The molecule has 3 nitrogen and oxygen atoms in total. The number of benzene rings is 2. The molecule has 0 unspecified atom stereocenters. The third-order valence-corrected chi connectivity index (χ3v) is 3.45. The molecule has 0 saturated heterocycles. The summed E-state index contributed by atoms with van der Waals surface area (Å²) in [5.41, 5.74) is 7.40. The Morgan fingerprint density at radius 3 is 2.75 bits per heavy atom. The highest BCUT2D eigenvalue weighted by molar-refractivity contribution is 9.10. The van der Waals surface area contributed by atoms with Crippen LogP contribution in [0.3, 0.4) is 0 Å². The van der Waals surface area contributed by atoms with E-state index in [0.29, 0.717) is 23.4 Å². The number of para-hydroxylation sites is 1. The van der Waals surface area contributed by atoms with Gasteiger partial charge in [-0.15, -0.1) is 0 Å². The maximum Gasteiger partial charge on any atom is 0.138 e. The van der Waals surface area contributed by atoms with Crippen molar-refractivity contribution in [1.29, 1.82) is 5.26 Å². The van der Waals surface area contributed by atoms with E-state index in [2.05, 4.69) is 15.9 Å². The molecule has 0 spiro atoms. The standard InChI is InChI=1S/C15H12BrFN2O/c16-14-3-1-2-11(8-19)15(14)20-9-12-6-13(17)5-4-10(12)7-18/h1-6H,8-9,19H2. The van der Waals surface area contributed by atoms with Crippen LogP contribution in [0.2, 0.25) is 0 Å². The lowest BCUT2D eigenvalue weighted by molar-refractivity contribution is 0.300. The zero-order chi connectivity index (χ0) is 14.5. The Balaban J connectivity index is 2.26. The molecule has 0 aliphatic rings. The highest BCUT2D eigenvalue weighted by Crippen LogP contribution is 2.29. The lowest BCUT2D eigenvalue weighted by atomic mass is 10.1. The van der Waals surface area contributed by atoms with Crippen LogP contribution in [0, 0.1) is 17.1 Å². The van der Waals surface area contributed by atoms with Crippen LogP contribution in [0.25, 0.3) is 0 Å². The van der Waals surface area contributed by atoms with Gasteiger partial charge in [0.1, 0.15) is 18.2 Å². The molecule has 0 amide bonds. The Morgan fingerprint density at radius 1 is 1.25 bits per heavy atom. The molecule has 0 heterocycles. The van der Waals surface area contributed by atoms with Gasteiger partial charge in [0, 0.05) is 17.7 Å². The van der Waals surface area contributed by atoms with Crippen LogP contribution >= 0.6 is 15.9 Å². The molecule has 0 bridgehead atoms. The summed E-state index contributed by atoms with van der Waals surface area (Å²) in [5, 5.41) is 9.00. The molecule has 0 saturated carbocycles. The summed E-state index contributed by atoms with van der Waals surface area (Å²) in [6, 6.07) is 11.6. The van der Waals surface area contributed by atoms with Gasteiger partial charge in [-0.05, 0) is 40.2 Å². The van der Waals surface area contributed by atoms with E-state index in [1.807, 2.05) is 24.3 Å². The van der Waals surface area contributed by atoms with E-state index in [-0.39, 0.29) is 6.61 Å². The molecule has 2 N–H and O–H groups in total. The fourth-order valence-electron chi connectivity index (χ4n) is 1.82. The van der Waals surface area contributed by atoms with Crippen LogP contribution in [0.5, 0.6) is 5.75 Å². The number of nitriles is 1. The van der Waals surface area contributed by atoms with Gasteiger partial charge in [0.25, 0.3) is 0 Å². The van der Waals surface area contributed by atoms with Crippen molar-refractivity contribution in [2.75, 3.05) is 0 Å². The molecule has 0 atom stereocenters. The Labute approximate surface area is 124 Å². The number of ether oxygens (including phenoxy) is 1. The lowest BCUT2D eigenvalue weighted by Crippen LogP contribution is -2.04. The topological polar surface area (TPSA) is 59.0 Å². The first-order chi connectivity index (χ1) is 9.65. The second-order valence-corrected chi connectivity index (χ2v) is 4.99. The highest BCUT2D eigenvalue weighted by atomic mass is 79.9. The minimum absolute atomic E-state index is 0.107. The monoisotopic (exact) mass is 334 g/mol. The highest BCUT2D eigenvalue weighted by Gasteiger charge is 2.09. The van der Waals surface area contributed by atoms with Gasteiger partial charge < -0.3 is 10.5 Å². The Bertz CT molecular complexity index is 667. The smallest absolute Gasteiger partial charge is 0.138 e. The third-order valence-electron chi connectivity index (χ3n) is 2.83. The molecule has 0 aromatic heterocycles. The van der Waals surface area contributed by atoms with Gasteiger partial charge in [-0.3, -0.25) is 0 Å². The van der Waals surface area contributed by atoms with Crippen molar-refractivity contribution in [3.05, 3.63) is 63.4 Å². The summed E-state index contributed by atoms with van der Waals surface area (Å²) >= 11 is 3.39. The summed E-state index contributed by atoms with van der Waals surface area (Å²) < 4.78 is 19.7. The van der Waals surface area contributed by atoms with Gasteiger partial charge in [-0.2, -0.15) is 5.26 Å². The largest absolute Gasteiger partial charge is 0.487 e. The Kier molecular flexibility index (Phi) is 4.72. The fourth-order valence-corrected chi connectivity index (χ4v) is 2.34. The van der Waals surface area contributed by atoms with Crippen LogP contribution in [0.15, 0.2) is 40.9 Å². The predicted molar refractivity (Wildman–Crippen MR) is 77.5 cm³/mol. The first kappa shape index (κ1) is 14.5. The maximum absolute atomic E-state index is 13.2. The van der Waals surface area contributed by atoms with Gasteiger partial charge in [0.2, 0.25) is 0 Å². The number of hydrogen-bond donors (Lipinski definition) is 1. The van der Waals surface area contributed by atoms with E-state index in [9.17, 15) is 4.39 Å². The average Bonchev–Trinajstić information content (AvgIpc) is 2.46. The van der Waals surface area contributed by atoms with Gasteiger partial charge in [0.05, 0.1) is 16.1 Å². The van der Waals surface area contributed by atoms with Crippen LogP contribution in [-0.4, -0.2) is 0 Å². The quantitative estimate of drug-likeness (QED) is 0.930. The molecule has 20 heavy (non-hydrogen) atoms. The minimum Gasteiger partial charge on any atom is -0.487 e. The first-order valence-corrected chi connectivity index (χ1v) is 6.73. The maximum atomic E-state index is 13.2. The molecule has 102 valence electrons. The van der Waals surface area contributed by atoms with Crippen LogP contribution in [-0.2, 0) is 13.2 Å². The van der Waals surface area contributed by atoms with Crippen molar-refractivity contribution < 1.29 is 9.13 Å². The van der Waals surface area contributed by atoms with Crippen LogP contribution < -0.4 is 10.5 Å². The number of rotatable bonds is 4. The fraction of sp³-hybridized carbons (Fsp3) is 0.133. The molecule has 0 aliphatic carbocycles. The Morgan fingerprint density at radius 2 is 2.05 bits per heavy atom. The molecule has 0 fully saturated rings. The zero-order valence-corrected chi connectivity index (χ0v) is 12.2. The molecule has 2 rings (SSSR count). The minimum atomic E-state index is -0.395. The van der Waals surface area contributed by atoms with Crippen molar-refractivity contribution in [2.45, 2.75) is 13.2 Å². The molecule has 5 heteroatoms. The summed E-state index contributed by atoms with van der Waals surface area (Å²) in [4.78, 5) is 0. The summed E-state index contributed by atoms with van der Waals surface area (Å²) in [5.74, 6) is 0.219. The van der Waals surface area contributed by atoms with Crippen LogP contribution in [0.4, 0.5) is 4.39 Å². The molecule has 0 radical (unpaired) electrons. The number of nitrogens with two attached hydrogens (primary N) is 1. The van der Waals surface area contributed by atoms with E-state index >= 15 is 0 Å². The van der Waals surface area contributed by atoms with Crippen molar-refractivity contribution in [3.63, 3.8) is 0 Å². The van der Waals surface area contributed by atoms with Gasteiger partial charge in [0.15, 0.2) is 0 Å². The molecule has 2 aromatic rings. The van der Waals surface area contributed by atoms with Crippen LogP contribution in [0.1, 0.15) is 16.7 Å². The van der Waals surface area contributed by atoms with Crippen molar-refractivity contribution in [1.82, 2.24) is 0 Å². The van der Waals surface area contributed by atoms with Crippen molar-refractivity contribution >= 4 is 15.9 Å². The van der Waals surface area contributed by atoms with E-state index in [1.165, 1.54) is 18.2 Å². The number of nitrogens with zero attached hydrogens (tertiary/aromatic N) is 1. The number of halogens is 2. The average molecular weight is 335 g/mol. The SMILES string of the molecule is N#Cc1ccc(F)cc1COc1c(Br)cccc1CN. The van der Waals surface area contributed by atoms with Crippen molar-refractivity contribution in [2.24, 2.45) is 5.73 Å². The number of hydrogen-bond acceptors (Lipinski definition) is 3. The molecule has 0 aliphatic heterocycles. The zero-order valence-electron chi connectivity index (χ0n) is 10.6. The third kappa shape index (κ3) is 3.16. The Hall–Kier alpha value is -1.90. The molecule has 2 aromatic carbocycles. The first-order valence-electron chi connectivity index (χ1n) is 5.94. The normalized spacial score (nSPS) is 10.1. The van der Waals surface area contributed by atoms with Gasteiger partial charge >= 0.3 is 0 Å². The second-order valence-electron chi connectivity index (χ2n) is 4.13. The summed E-state index contributed by atoms with van der Waals surface area (Å²) in [7, 11) is 0. The molecular weight excluding hydrogens is 323 g/mol. The molecular formula is C15H12BrFN2O. The van der Waals surface area contributed by atoms with E-state index in [1.54, 1.807) is 0 Å². The van der Waals surface area contributed by atoms with Gasteiger partial charge in [-0.25, -0.2) is 4.39 Å². The lowest BCUT2D eigenvalue weighted by Gasteiger charge is -2.13. The van der Waals surface area contributed by atoms with E-state index in [4.69, 9.17) is 15.7 Å².